The van der Waals surface area contributed by atoms with E-state index in [1.807, 2.05) is 0 Å². The number of likely N-dealkylation sites (N-methyl/N-ethyl adjacent to an activating group) is 1. The Morgan fingerprint density at radius 3 is 1.88 bits per heavy atom. The van der Waals surface area contributed by atoms with Crippen LogP contribution in [0.25, 0.3) is 0 Å². The number of likely N-dealkylation sites (tertiary alicyclic amines) is 1. The van der Waals surface area contributed by atoms with E-state index >= 15 is 0 Å². The fourth-order valence-corrected chi connectivity index (χ4v) is 5.17. The molecular formula is C32H55N9O10. The van der Waals surface area contributed by atoms with E-state index in [0.717, 1.165) is 0 Å². The Morgan fingerprint density at radius 1 is 0.784 bits per heavy atom. The number of ether oxygens (including phenoxy) is 1. The van der Waals surface area contributed by atoms with Crippen molar-refractivity contribution in [3.63, 3.8) is 0 Å². The molecule has 19 nitrogen and oxygen atoms in total. The molecule has 1 fully saturated rings. The van der Waals surface area contributed by atoms with Gasteiger partial charge in [-0.05, 0) is 51.9 Å². The van der Waals surface area contributed by atoms with Crippen LogP contribution >= 0.6 is 0 Å². The Kier molecular flexibility index (Phi) is 17.3. The molecule has 1 saturated heterocycles. The SMILES string of the molecule is CNC(=O)C(NC(=O)C(CCC(N)=O)NC(=O)CNC(=O)C1CCCN1C(=O)C(CC(N)=O)NC(=O)C(NC(=O)OC(C)(C)C)C(C)C)C(C)C. The third-order valence-electron chi connectivity index (χ3n) is 7.73. The van der Waals surface area contributed by atoms with Gasteiger partial charge in [-0.25, -0.2) is 4.79 Å². The van der Waals surface area contributed by atoms with E-state index in [1.165, 1.54) is 11.9 Å². The summed E-state index contributed by atoms with van der Waals surface area (Å²) in [6.07, 6.45) is -1.30. The fourth-order valence-electron chi connectivity index (χ4n) is 5.17. The van der Waals surface area contributed by atoms with E-state index in [-0.39, 0.29) is 31.7 Å². The van der Waals surface area contributed by atoms with Crippen LogP contribution in [0.4, 0.5) is 4.79 Å². The molecule has 0 saturated carbocycles. The molecule has 5 atom stereocenters. The van der Waals surface area contributed by atoms with Gasteiger partial charge in [0.2, 0.25) is 47.3 Å². The minimum atomic E-state index is -1.47. The maximum Gasteiger partial charge on any atom is 0.408 e. The standard InChI is InChI=1S/C32H55N9O10/c1-16(2)24(28(47)35-8)39-26(45)18(11-12-21(33)42)37-23(44)15-36-27(46)20-10-9-13-41(20)30(49)19(14-22(34)43)38-29(48)25(17(3)4)40-31(50)51-32(5,6)7/h16-20,24-25H,9-15H2,1-8H3,(H2,33,42)(H2,34,43)(H,35,47)(H,36,46)(H,37,44)(H,38,48)(H,39,45)(H,40,50). The van der Waals surface area contributed by atoms with Crippen molar-refractivity contribution in [2.24, 2.45) is 23.3 Å². The first-order valence-corrected chi connectivity index (χ1v) is 16.8. The molecule has 19 heteroatoms. The van der Waals surface area contributed by atoms with Crippen molar-refractivity contribution < 1.29 is 47.9 Å². The van der Waals surface area contributed by atoms with Crippen LogP contribution in [0.1, 0.15) is 80.6 Å². The molecule has 1 rings (SSSR count). The predicted molar refractivity (Wildman–Crippen MR) is 183 cm³/mol. The molecule has 0 aromatic rings. The summed E-state index contributed by atoms with van der Waals surface area (Å²) < 4.78 is 5.23. The molecule has 0 spiro atoms. The van der Waals surface area contributed by atoms with Crippen LogP contribution in [0, 0.1) is 11.8 Å². The molecule has 1 heterocycles. The molecule has 10 N–H and O–H groups in total. The Morgan fingerprint density at radius 2 is 1.37 bits per heavy atom. The lowest BCUT2D eigenvalue weighted by Crippen LogP contribution is -2.59. The van der Waals surface area contributed by atoms with Crippen LogP contribution in [-0.4, -0.2) is 114 Å². The zero-order valence-corrected chi connectivity index (χ0v) is 30.7. The summed E-state index contributed by atoms with van der Waals surface area (Å²) >= 11 is 0. The Labute approximate surface area is 297 Å². The summed E-state index contributed by atoms with van der Waals surface area (Å²) in [7, 11) is 1.40. The molecule has 1 aliphatic rings. The molecular weight excluding hydrogens is 670 g/mol. The molecule has 288 valence electrons. The topological polar surface area (TPSA) is 290 Å². The lowest BCUT2D eigenvalue weighted by Gasteiger charge is -2.30. The average molecular weight is 726 g/mol. The molecule has 0 aliphatic carbocycles. The van der Waals surface area contributed by atoms with Crippen LogP contribution in [0.2, 0.25) is 0 Å². The van der Waals surface area contributed by atoms with E-state index in [0.29, 0.717) is 6.42 Å². The first-order chi connectivity index (χ1) is 23.6. The summed E-state index contributed by atoms with van der Waals surface area (Å²) in [5.41, 5.74) is 9.77. The molecule has 1 aliphatic heterocycles. The van der Waals surface area contributed by atoms with Gasteiger partial charge in [-0.3, -0.25) is 38.4 Å². The number of nitrogens with one attached hydrogen (secondary N) is 6. The maximum atomic E-state index is 13.6. The molecule has 9 amide bonds. The summed E-state index contributed by atoms with van der Waals surface area (Å²) in [5, 5.41) is 14.8. The molecule has 0 aromatic carbocycles. The van der Waals surface area contributed by atoms with Gasteiger partial charge in [0.1, 0.15) is 35.8 Å². The highest BCUT2D eigenvalue weighted by molar-refractivity contribution is 5.97. The summed E-state index contributed by atoms with van der Waals surface area (Å²) in [5.74, 6) is -6.67. The van der Waals surface area contributed by atoms with E-state index in [2.05, 4.69) is 31.9 Å². The van der Waals surface area contributed by atoms with E-state index in [9.17, 15) is 43.2 Å². The number of carbonyl (C=O) groups is 9. The third-order valence-corrected chi connectivity index (χ3v) is 7.73. The number of primary amides is 2. The monoisotopic (exact) mass is 725 g/mol. The van der Waals surface area contributed by atoms with Crippen LogP contribution < -0.4 is 43.4 Å². The minimum Gasteiger partial charge on any atom is -0.444 e. The highest BCUT2D eigenvalue weighted by Gasteiger charge is 2.39. The maximum absolute atomic E-state index is 13.6. The molecule has 0 bridgehead atoms. The van der Waals surface area contributed by atoms with Crippen LogP contribution in [0.5, 0.6) is 0 Å². The Balaban J connectivity index is 3.03. The predicted octanol–water partition coefficient (Wildman–Crippen LogP) is -2.36. The molecule has 5 unspecified atom stereocenters. The van der Waals surface area contributed by atoms with Gasteiger partial charge in [-0.15, -0.1) is 0 Å². The van der Waals surface area contributed by atoms with Crippen molar-refractivity contribution >= 4 is 53.4 Å². The van der Waals surface area contributed by atoms with Gasteiger partial charge in [-0.2, -0.15) is 0 Å². The first-order valence-electron chi connectivity index (χ1n) is 16.8. The smallest absolute Gasteiger partial charge is 0.408 e. The number of alkyl carbamates (subject to hydrolysis) is 1. The van der Waals surface area contributed by atoms with Gasteiger partial charge in [0.25, 0.3) is 0 Å². The quantitative estimate of drug-likeness (QED) is 0.0744. The zero-order valence-electron chi connectivity index (χ0n) is 30.7. The van der Waals surface area contributed by atoms with Crippen molar-refractivity contribution in [2.45, 2.75) is 116 Å². The molecule has 51 heavy (non-hydrogen) atoms. The number of nitrogens with two attached hydrogens (primary N) is 2. The van der Waals surface area contributed by atoms with Crippen LogP contribution in [-0.2, 0) is 43.1 Å². The highest BCUT2D eigenvalue weighted by Crippen LogP contribution is 2.20. The van der Waals surface area contributed by atoms with Crippen LogP contribution in [0.3, 0.4) is 0 Å². The Hall–Kier alpha value is -4.97. The second kappa shape index (κ2) is 20.0. The van der Waals surface area contributed by atoms with Crippen molar-refractivity contribution in [1.29, 1.82) is 0 Å². The first kappa shape index (κ1) is 44.1. The fraction of sp³-hybridized carbons (Fsp3) is 0.719. The largest absolute Gasteiger partial charge is 0.444 e. The van der Waals surface area contributed by atoms with Crippen molar-refractivity contribution in [3.8, 4) is 0 Å². The van der Waals surface area contributed by atoms with Gasteiger partial charge in [0, 0.05) is 20.0 Å². The lowest BCUT2D eigenvalue weighted by molar-refractivity contribution is -0.143. The summed E-state index contributed by atoms with van der Waals surface area (Å²) in [4.78, 5) is 115. The van der Waals surface area contributed by atoms with Gasteiger partial charge in [-0.1, -0.05) is 27.7 Å². The molecule has 0 aromatic heterocycles. The second-order valence-electron chi connectivity index (χ2n) is 14.0. The Bertz CT molecular complexity index is 1310. The number of carbonyl (C=O) groups excluding carboxylic acids is 9. The number of nitrogens with zero attached hydrogens (tertiary/aromatic N) is 1. The van der Waals surface area contributed by atoms with Crippen LogP contribution in [0.15, 0.2) is 0 Å². The lowest BCUT2D eigenvalue weighted by atomic mass is 10.0. The normalized spacial score (nSPS) is 16.6. The molecule has 0 radical (unpaired) electrons. The highest BCUT2D eigenvalue weighted by atomic mass is 16.6. The third kappa shape index (κ3) is 15.2. The second-order valence-corrected chi connectivity index (χ2v) is 14.0. The average Bonchev–Trinajstić information content (AvgIpc) is 3.50. The minimum absolute atomic E-state index is 0.0930. The van der Waals surface area contributed by atoms with E-state index in [1.54, 1.807) is 48.5 Å². The number of rotatable bonds is 18. The van der Waals surface area contributed by atoms with Crippen molar-refractivity contribution in [2.75, 3.05) is 20.1 Å². The number of hydrogen-bond acceptors (Lipinski definition) is 10. The van der Waals surface area contributed by atoms with E-state index in [4.69, 9.17) is 16.2 Å². The summed E-state index contributed by atoms with van der Waals surface area (Å²) in [6, 6.07) is -5.89. The van der Waals surface area contributed by atoms with Gasteiger partial charge >= 0.3 is 6.09 Å². The van der Waals surface area contributed by atoms with Gasteiger partial charge < -0.3 is 53.0 Å². The van der Waals surface area contributed by atoms with Gasteiger partial charge in [0.05, 0.1) is 13.0 Å². The number of hydrogen-bond donors (Lipinski definition) is 8. The van der Waals surface area contributed by atoms with Crippen molar-refractivity contribution in [1.82, 2.24) is 36.8 Å². The van der Waals surface area contributed by atoms with E-state index < -0.39 is 108 Å². The number of amides is 9. The van der Waals surface area contributed by atoms with Gasteiger partial charge in [0.15, 0.2) is 0 Å². The van der Waals surface area contributed by atoms with Crippen molar-refractivity contribution in [3.05, 3.63) is 0 Å². The zero-order chi connectivity index (χ0) is 39.2. The summed E-state index contributed by atoms with van der Waals surface area (Å²) in [6.45, 7) is 11.1.